The molecule has 3 N–H and O–H groups in total. The van der Waals surface area contributed by atoms with Gasteiger partial charge < -0.3 is 10.8 Å². The Labute approximate surface area is 132 Å². The topological polar surface area (TPSA) is 104 Å². The van der Waals surface area contributed by atoms with E-state index in [0.29, 0.717) is 35.6 Å². The van der Waals surface area contributed by atoms with E-state index in [2.05, 4.69) is 6.07 Å². The molecular formula is C16H18N2O3S. The van der Waals surface area contributed by atoms with Crippen molar-refractivity contribution in [2.24, 2.45) is 11.3 Å². The monoisotopic (exact) mass is 318 g/mol. The van der Waals surface area contributed by atoms with E-state index in [1.807, 2.05) is 0 Å². The number of rotatable bonds is 3. The zero-order chi connectivity index (χ0) is 15.9. The lowest BCUT2D eigenvalue weighted by molar-refractivity contribution is 0.0696. The molecule has 1 aromatic heterocycles. The number of nitrogens with two attached hydrogens (primary N) is 1. The van der Waals surface area contributed by atoms with Gasteiger partial charge in [-0.2, -0.15) is 5.26 Å². The van der Waals surface area contributed by atoms with Gasteiger partial charge in [-0.25, -0.2) is 4.79 Å². The Hall–Kier alpha value is -1.87. The van der Waals surface area contributed by atoms with Gasteiger partial charge in [-0.3, -0.25) is 4.79 Å². The normalized spacial score (nSPS) is 25.0. The van der Waals surface area contributed by atoms with Crippen LogP contribution in [-0.4, -0.2) is 16.9 Å². The maximum Gasteiger partial charge on any atom is 0.338 e. The Morgan fingerprint density at radius 3 is 2.73 bits per heavy atom. The number of carbonyl (C=O) groups excluding carboxylic acids is 1. The Morgan fingerprint density at radius 1 is 1.45 bits per heavy atom. The fraction of sp³-hybridized carbons (Fsp3) is 0.562. The van der Waals surface area contributed by atoms with Gasteiger partial charge in [0.15, 0.2) is 5.78 Å². The summed E-state index contributed by atoms with van der Waals surface area (Å²) < 4.78 is 0. The van der Waals surface area contributed by atoms with Crippen LogP contribution in [0.4, 0.5) is 5.00 Å². The highest BCUT2D eigenvalue weighted by Crippen LogP contribution is 2.47. The molecule has 0 bridgehead atoms. The predicted molar refractivity (Wildman–Crippen MR) is 83.0 cm³/mol. The van der Waals surface area contributed by atoms with E-state index < -0.39 is 11.4 Å². The molecule has 2 aliphatic rings. The number of fused-ring (bicyclic) bond motifs is 1. The highest BCUT2D eigenvalue weighted by Gasteiger charge is 2.47. The van der Waals surface area contributed by atoms with Crippen LogP contribution < -0.4 is 5.73 Å². The molecule has 2 aliphatic carbocycles. The molecule has 1 atom stereocenters. The van der Waals surface area contributed by atoms with Crippen LogP contribution in [-0.2, 0) is 6.42 Å². The maximum absolute atomic E-state index is 12.9. The molecule has 3 rings (SSSR count). The molecule has 0 aliphatic heterocycles. The van der Waals surface area contributed by atoms with Crippen LogP contribution >= 0.6 is 11.3 Å². The molecule has 0 saturated heterocycles. The number of hydrogen-bond donors (Lipinski definition) is 2. The summed E-state index contributed by atoms with van der Waals surface area (Å²) in [4.78, 5) is 24.6. The van der Waals surface area contributed by atoms with E-state index in [-0.39, 0.29) is 16.3 Å². The van der Waals surface area contributed by atoms with Crippen molar-refractivity contribution < 1.29 is 14.7 Å². The first-order chi connectivity index (χ1) is 10.5. The third-order valence-corrected chi connectivity index (χ3v) is 6.08. The van der Waals surface area contributed by atoms with E-state index in [0.717, 1.165) is 24.2 Å². The van der Waals surface area contributed by atoms with Gasteiger partial charge in [0.1, 0.15) is 10.4 Å². The third-order valence-electron chi connectivity index (χ3n) is 5.02. The van der Waals surface area contributed by atoms with E-state index in [4.69, 9.17) is 5.73 Å². The number of carboxylic acid groups (broad SMARTS) is 1. The average Bonchev–Trinajstić information content (AvgIpc) is 3.09. The second kappa shape index (κ2) is 5.40. The number of hydrogen-bond acceptors (Lipinski definition) is 5. The predicted octanol–water partition coefficient (Wildman–Crippen LogP) is 3.25. The molecule has 1 unspecified atom stereocenters. The Balaban J connectivity index is 1.98. The molecule has 6 heteroatoms. The summed E-state index contributed by atoms with van der Waals surface area (Å²) in [6.45, 7) is 0. The smallest absolute Gasteiger partial charge is 0.338 e. The lowest BCUT2D eigenvalue weighted by Crippen LogP contribution is -2.36. The van der Waals surface area contributed by atoms with Crippen molar-refractivity contribution in [3.63, 3.8) is 0 Å². The molecule has 1 aromatic rings. The van der Waals surface area contributed by atoms with Crippen LogP contribution in [0.1, 0.15) is 64.1 Å². The van der Waals surface area contributed by atoms with Crippen LogP contribution in [0, 0.1) is 22.7 Å². The Bertz CT molecular complexity index is 682. The number of carbonyl (C=O) groups is 2. The zero-order valence-corrected chi connectivity index (χ0v) is 13.0. The van der Waals surface area contributed by atoms with Crippen molar-refractivity contribution in [3.05, 3.63) is 16.0 Å². The summed E-state index contributed by atoms with van der Waals surface area (Å²) in [5, 5.41) is 19.1. The van der Waals surface area contributed by atoms with Crippen LogP contribution in [0.25, 0.3) is 0 Å². The van der Waals surface area contributed by atoms with Crippen molar-refractivity contribution >= 4 is 28.1 Å². The number of nitriles is 1. The summed E-state index contributed by atoms with van der Waals surface area (Å²) in [7, 11) is 0. The zero-order valence-electron chi connectivity index (χ0n) is 12.2. The van der Waals surface area contributed by atoms with Crippen LogP contribution in [0.5, 0.6) is 0 Å². The average molecular weight is 318 g/mol. The molecule has 0 radical (unpaired) electrons. The van der Waals surface area contributed by atoms with Crippen molar-refractivity contribution in [1.29, 1.82) is 5.26 Å². The standard InChI is InChI=1S/C16H18N2O3S/c17-8-16(7-9-3-1-2-4-9)6-5-10-11(15(20)21)14(18)22-12(10)13(16)19/h9H,1-7,18H2,(H,20,21). The molecule has 22 heavy (non-hydrogen) atoms. The summed E-state index contributed by atoms with van der Waals surface area (Å²) in [5.41, 5.74) is 5.37. The minimum atomic E-state index is -1.09. The fourth-order valence-corrected chi connectivity index (χ4v) is 5.01. The molecule has 1 fully saturated rings. The van der Waals surface area contributed by atoms with E-state index in [9.17, 15) is 20.0 Å². The number of anilines is 1. The van der Waals surface area contributed by atoms with E-state index >= 15 is 0 Å². The van der Waals surface area contributed by atoms with Crippen molar-refractivity contribution in [2.45, 2.75) is 44.9 Å². The van der Waals surface area contributed by atoms with Gasteiger partial charge in [-0.1, -0.05) is 25.7 Å². The first-order valence-electron chi connectivity index (χ1n) is 7.59. The Kier molecular flexibility index (Phi) is 3.69. The van der Waals surface area contributed by atoms with Crippen LogP contribution in [0.15, 0.2) is 0 Å². The number of Topliss-reactive ketones (excluding diaryl/α,β-unsaturated/α-hetero) is 1. The number of nitrogen functional groups attached to an aromatic ring is 1. The summed E-state index contributed by atoms with van der Waals surface area (Å²) in [6.07, 6.45) is 5.94. The molecule has 0 aromatic carbocycles. The fourth-order valence-electron chi connectivity index (χ4n) is 3.86. The maximum atomic E-state index is 12.9. The molecule has 0 spiro atoms. The molecule has 1 heterocycles. The van der Waals surface area contributed by atoms with Gasteiger partial charge in [0.05, 0.1) is 16.5 Å². The van der Waals surface area contributed by atoms with Crippen molar-refractivity contribution in [3.8, 4) is 6.07 Å². The first-order valence-corrected chi connectivity index (χ1v) is 8.40. The van der Waals surface area contributed by atoms with E-state index in [1.54, 1.807) is 0 Å². The van der Waals surface area contributed by atoms with Crippen LogP contribution in [0.3, 0.4) is 0 Å². The number of carboxylic acids is 1. The van der Waals surface area contributed by atoms with Gasteiger partial charge in [0.25, 0.3) is 0 Å². The summed E-state index contributed by atoms with van der Waals surface area (Å²) >= 11 is 1.03. The van der Waals surface area contributed by atoms with Gasteiger partial charge >= 0.3 is 5.97 Å². The lowest BCUT2D eigenvalue weighted by Gasteiger charge is -2.31. The molecule has 5 nitrogen and oxygen atoms in total. The molecule has 116 valence electrons. The third kappa shape index (κ3) is 2.20. The quantitative estimate of drug-likeness (QED) is 0.890. The number of nitrogens with zero attached hydrogens (tertiary/aromatic N) is 1. The van der Waals surface area contributed by atoms with Crippen LogP contribution in [0.2, 0.25) is 0 Å². The second-order valence-corrected chi connectivity index (χ2v) is 7.38. The van der Waals surface area contributed by atoms with Gasteiger partial charge in [-0.05, 0) is 30.7 Å². The summed E-state index contributed by atoms with van der Waals surface area (Å²) in [6, 6.07) is 2.26. The summed E-state index contributed by atoms with van der Waals surface area (Å²) in [5.74, 6) is -0.878. The highest BCUT2D eigenvalue weighted by molar-refractivity contribution is 7.18. The SMILES string of the molecule is N#CC1(CC2CCCC2)CCc2c(sc(N)c2C(=O)O)C1=O. The number of thiophene rings is 1. The molecular weight excluding hydrogens is 300 g/mol. The van der Waals surface area contributed by atoms with Crippen molar-refractivity contribution in [2.75, 3.05) is 5.73 Å². The van der Waals surface area contributed by atoms with Crippen molar-refractivity contribution in [1.82, 2.24) is 0 Å². The lowest BCUT2D eigenvalue weighted by atomic mass is 9.68. The first kappa shape index (κ1) is 15.0. The number of aromatic carboxylic acids is 1. The molecule has 1 saturated carbocycles. The highest BCUT2D eigenvalue weighted by atomic mass is 32.1. The minimum Gasteiger partial charge on any atom is -0.478 e. The number of ketones is 1. The second-order valence-electron chi connectivity index (χ2n) is 6.33. The largest absolute Gasteiger partial charge is 0.478 e. The Morgan fingerprint density at radius 2 is 2.14 bits per heavy atom. The van der Waals surface area contributed by atoms with E-state index in [1.165, 1.54) is 12.8 Å². The van der Waals surface area contributed by atoms with Gasteiger partial charge in [0.2, 0.25) is 0 Å². The molecule has 0 amide bonds. The minimum absolute atomic E-state index is 0.0563. The van der Waals surface area contributed by atoms with Gasteiger partial charge in [0, 0.05) is 0 Å². The van der Waals surface area contributed by atoms with Gasteiger partial charge in [-0.15, -0.1) is 11.3 Å².